The fourth-order valence-electron chi connectivity index (χ4n) is 4.00. The van der Waals surface area contributed by atoms with E-state index in [0.717, 1.165) is 54.5 Å². The maximum Gasteiger partial charge on any atom is 0.243 e. The van der Waals surface area contributed by atoms with Gasteiger partial charge in [-0.25, -0.2) is 0 Å². The van der Waals surface area contributed by atoms with Crippen molar-refractivity contribution in [1.82, 2.24) is 5.32 Å². The summed E-state index contributed by atoms with van der Waals surface area (Å²) >= 11 is 0. The van der Waals surface area contributed by atoms with Crippen molar-refractivity contribution in [3.63, 3.8) is 0 Å². The van der Waals surface area contributed by atoms with E-state index in [1.807, 2.05) is 18.2 Å². The Kier molecular flexibility index (Phi) is 7.29. The first-order valence-corrected chi connectivity index (χ1v) is 10.9. The van der Waals surface area contributed by atoms with Crippen LogP contribution in [0.2, 0.25) is 0 Å². The molecule has 4 rings (SSSR count). The summed E-state index contributed by atoms with van der Waals surface area (Å²) in [5, 5.41) is 2.60. The number of amides is 1. The highest BCUT2D eigenvalue weighted by atomic mass is 16.7. The third-order valence-electron chi connectivity index (χ3n) is 5.63. The second-order valence-electron chi connectivity index (χ2n) is 7.63. The molecule has 2 aliphatic heterocycles. The highest BCUT2D eigenvalue weighted by Gasteiger charge is 2.26. The predicted molar refractivity (Wildman–Crippen MR) is 121 cm³/mol. The van der Waals surface area contributed by atoms with Crippen molar-refractivity contribution in [3.8, 4) is 28.4 Å². The van der Waals surface area contributed by atoms with Crippen molar-refractivity contribution in [2.24, 2.45) is 0 Å². The Morgan fingerprint density at radius 2 is 2.09 bits per heavy atom. The van der Waals surface area contributed by atoms with Gasteiger partial charge in [0.1, 0.15) is 0 Å². The fourth-order valence-corrected chi connectivity index (χ4v) is 4.00. The van der Waals surface area contributed by atoms with Crippen molar-refractivity contribution in [2.45, 2.75) is 32.0 Å². The van der Waals surface area contributed by atoms with Gasteiger partial charge < -0.3 is 29.0 Å². The van der Waals surface area contributed by atoms with Gasteiger partial charge in [-0.1, -0.05) is 24.3 Å². The molecule has 0 radical (unpaired) electrons. The minimum Gasteiger partial charge on any atom is -0.492 e. The number of hydrogen-bond donors (Lipinski definition) is 1. The molecule has 7 nitrogen and oxygen atoms in total. The first-order valence-electron chi connectivity index (χ1n) is 10.9. The van der Waals surface area contributed by atoms with Crippen LogP contribution in [0.15, 0.2) is 36.4 Å². The molecule has 0 aromatic heterocycles. The molecule has 1 saturated heterocycles. The predicted octanol–water partition coefficient (Wildman–Crippen LogP) is 3.94. The molecule has 2 aromatic rings. The highest BCUT2D eigenvalue weighted by molar-refractivity contribution is 5.95. The van der Waals surface area contributed by atoms with Gasteiger partial charge in [-0.2, -0.15) is 0 Å². The van der Waals surface area contributed by atoms with Crippen molar-refractivity contribution < 1.29 is 28.5 Å². The first-order chi connectivity index (χ1) is 15.7. The summed E-state index contributed by atoms with van der Waals surface area (Å²) in [7, 11) is 3.18. The van der Waals surface area contributed by atoms with E-state index in [9.17, 15) is 4.79 Å². The third-order valence-corrected chi connectivity index (χ3v) is 5.63. The number of carbonyl (C=O) groups excluding carboxylic acids is 1. The lowest BCUT2D eigenvalue weighted by Crippen LogP contribution is -2.23. The Hall–Kier alpha value is -3.03. The standard InChI is InChI=1S/C25H29NO6/c1-26-22(27)11-10-19-20(15-21-25(24(19)28-2)32-16-31-21)18-8-4-3-7-17(18)12-14-30-23-9-5-6-13-29-23/h3-4,7-8,10-11,15,23H,5-6,9,12-14,16H2,1-2H3,(H,26,27)/b11-10+. The van der Waals surface area contributed by atoms with Crippen LogP contribution in [0, 0.1) is 0 Å². The molecule has 1 amide bonds. The van der Waals surface area contributed by atoms with Crippen LogP contribution in [-0.4, -0.2) is 46.4 Å². The topological polar surface area (TPSA) is 75.3 Å². The minimum absolute atomic E-state index is 0.118. The van der Waals surface area contributed by atoms with Gasteiger partial charge in [-0.3, -0.25) is 4.79 Å². The van der Waals surface area contributed by atoms with E-state index in [4.69, 9.17) is 23.7 Å². The number of ether oxygens (including phenoxy) is 5. The molecule has 2 heterocycles. The number of nitrogens with one attached hydrogen (secondary N) is 1. The molecule has 2 aromatic carbocycles. The summed E-state index contributed by atoms with van der Waals surface area (Å²) in [6.07, 6.45) is 7.02. The van der Waals surface area contributed by atoms with Crippen LogP contribution in [0.4, 0.5) is 0 Å². The van der Waals surface area contributed by atoms with Crippen molar-refractivity contribution in [2.75, 3.05) is 34.2 Å². The average Bonchev–Trinajstić information content (AvgIpc) is 3.31. The number of rotatable bonds is 8. The lowest BCUT2D eigenvalue weighted by atomic mass is 9.92. The number of fused-ring (bicyclic) bond motifs is 1. The van der Waals surface area contributed by atoms with Crippen LogP contribution in [0.1, 0.15) is 30.4 Å². The first kappa shape index (κ1) is 22.2. The van der Waals surface area contributed by atoms with Gasteiger partial charge in [0.25, 0.3) is 0 Å². The van der Waals surface area contributed by atoms with E-state index in [-0.39, 0.29) is 19.0 Å². The van der Waals surface area contributed by atoms with Crippen molar-refractivity contribution in [3.05, 3.63) is 47.5 Å². The summed E-state index contributed by atoms with van der Waals surface area (Å²) in [5.41, 5.74) is 3.80. The Morgan fingerprint density at radius 3 is 2.88 bits per heavy atom. The SMILES string of the molecule is CNC(=O)/C=C/c1c(-c2ccccc2CCOC2CCCCO2)cc2c(c1OC)OCO2. The Labute approximate surface area is 188 Å². The normalized spacial score (nSPS) is 17.5. The molecular formula is C25H29NO6. The van der Waals surface area contributed by atoms with Crippen LogP contribution < -0.4 is 19.5 Å². The molecule has 0 bridgehead atoms. The third kappa shape index (κ3) is 4.89. The minimum atomic E-state index is -0.204. The smallest absolute Gasteiger partial charge is 0.243 e. The summed E-state index contributed by atoms with van der Waals surface area (Å²) < 4.78 is 28.6. The van der Waals surface area contributed by atoms with E-state index in [1.165, 1.54) is 6.08 Å². The second-order valence-corrected chi connectivity index (χ2v) is 7.63. The van der Waals surface area contributed by atoms with E-state index in [2.05, 4.69) is 17.4 Å². The zero-order valence-corrected chi connectivity index (χ0v) is 18.5. The summed E-state index contributed by atoms with van der Waals surface area (Å²) in [4.78, 5) is 11.9. The van der Waals surface area contributed by atoms with Crippen LogP contribution in [0.5, 0.6) is 17.2 Å². The molecule has 7 heteroatoms. The number of benzene rings is 2. The lowest BCUT2D eigenvalue weighted by molar-refractivity contribution is -0.161. The molecule has 0 spiro atoms. The second kappa shape index (κ2) is 10.5. The van der Waals surface area contributed by atoms with Gasteiger partial charge in [0.05, 0.1) is 13.7 Å². The van der Waals surface area contributed by atoms with E-state index in [0.29, 0.717) is 23.9 Å². The molecule has 32 heavy (non-hydrogen) atoms. The molecular weight excluding hydrogens is 410 g/mol. The highest BCUT2D eigenvalue weighted by Crippen LogP contribution is 2.48. The monoisotopic (exact) mass is 439 g/mol. The van der Waals surface area contributed by atoms with Crippen LogP contribution in [-0.2, 0) is 20.7 Å². The molecule has 1 atom stereocenters. The molecule has 1 unspecified atom stereocenters. The number of carbonyl (C=O) groups is 1. The van der Waals surface area contributed by atoms with Gasteiger partial charge in [0, 0.05) is 25.3 Å². The lowest BCUT2D eigenvalue weighted by Gasteiger charge is -2.23. The van der Waals surface area contributed by atoms with E-state index < -0.39 is 0 Å². The van der Waals surface area contributed by atoms with Crippen molar-refractivity contribution in [1.29, 1.82) is 0 Å². The Balaban J connectivity index is 1.68. The maximum absolute atomic E-state index is 11.9. The summed E-state index contributed by atoms with van der Waals surface area (Å²) in [6.45, 7) is 1.46. The van der Waals surface area contributed by atoms with Gasteiger partial charge in [0.15, 0.2) is 17.8 Å². The average molecular weight is 440 g/mol. The summed E-state index contributed by atoms with van der Waals surface area (Å²) in [6, 6.07) is 10.1. The number of hydrogen-bond acceptors (Lipinski definition) is 6. The summed E-state index contributed by atoms with van der Waals surface area (Å²) in [5.74, 6) is 1.50. The van der Waals surface area contributed by atoms with Gasteiger partial charge in [-0.05, 0) is 54.5 Å². The maximum atomic E-state index is 11.9. The molecule has 170 valence electrons. The molecule has 0 aliphatic carbocycles. The van der Waals surface area contributed by atoms with Crippen LogP contribution >= 0.6 is 0 Å². The molecule has 1 fully saturated rings. The zero-order valence-electron chi connectivity index (χ0n) is 18.5. The van der Waals surface area contributed by atoms with Gasteiger partial charge in [-0.15, -0.1) is 0 Å². The van der Waals surface area contributed by atoms with Gasteiger partial charge >= 0.3 is 0 Å². The molecule has 2 aliphatic rings. The van der Waals surface area contributed by atoms with Crippen LogP contribution in [0.25, 0.3) is 17.2 Å². The van der Waals surface area contributed by atoms with Crippen molar-refractivity contribution >= 4 is 12.0 Å². The largest absolute Gasteiger partial charge is 0.492 e. The number of likely N-dealkylation sites (N-methyl/N-ethyl adjacent to an activating group) is 1. The number of methoxy groups -OCH3 is 1. The van der Waals surface area contributed by atoms with Gasteiger partial charge in [0.2, 0.25) is 18.4 Å². The van der Waals surface area contributed by atoms with Crippen LogP contribution in [0.3, 0.4) is 0 Å². The Bertz CT molecular complexity index is 981. The quantitative estimate of drug-likeness (QED) is 0.628. The fraction of sp³-hybridized carbons (Fsp3) is 0.400. The van der Waals surface area contributed by atoms with E-state index >= 15 is 0 Å². The molecule has 1 N–H and O–H groups in total. The Morgan fingerprint density at radius 1 is 1.22 bits per heavy atom. The molecule has 0 saturated carbocycles. The zero-order chi connectivity index (χ0) is 22.3. The van der Waals surface area contributed by atoms with E-state index in [1.54, 1.807) is 20.2 Å².